The number of amides is 2. The van der Waals surface area contributed by atoms with Crippen LogP contribution in [0.2, 0.25) is 0 Å². The Morgan fingerprint density at radius 3 is 2.10 bits per heavy atom. The van der Waals surface area contributed by atoms with E-state index < -0.39 is 58.2 Å². The van der Waals surface area contributed by atoms with Gasteiger partial charge in [-0.15, -0.1) is 0 Å². The van der Waals surface area contributed by atoms with Crippen molar-refractivity contribution in [2.75, 3.05) is 45.4 Å². The van der Waals surface area contributed by atoms with E-state index in [1.807, 2.05) is 6.07 Å². The summed E-state index contributed by atoms with van der Waals surface area (Å²) in [5, 5.41) is 2.87. The predicted molar refractivity (Wildman–Crippen MR) is 240 cm³/mol. The van der Waals surface area contributed by atoms with Crippen LogP contribution in [0.3, 0.4) is 0 Å². The number of likely N-dealkylation sites (N-methyl/N-ethyl adjacent to an activating group) is 1. The van der Waals surface area contributed by atoms with E-state index in [2.05, 4.69) is 12.2 Å². The van der Waals surface area contributed by atoms with Crippen molar-refractivity contribution in [3.05, 3.63) is 47.5 Å². The van der Waals surface area contributed by atoms with E-state index in [-0.39, 0.29) is 81.5 Å². The fraction of sp³-hybridized carbons (Fsp3) is 0.617. The molecule has 0 fully saturated rings. The van der Waals surface area contributed by atoms with Crippen molar-refractivity contribution in [1.29, 1.82) is 0 Å². The van der Waals surface area contributed by atoms with E-state index in [1.165, 1.54) is 31.7 Å². The van der Waals surface area contributed by atoms with Gasteiger partial charge in [0, 0.05) is 97.5 Å². The predicted octanol–water partition coefficient (Wildman–Crippen LogP) is 5.83. The van der Waals surface area contributed by atoms with Gasteiger partial charge in [0.2, 0.25) is 11.8 Å². The minimum Gasteiger partial charge on any atom is -0.492 e. The van der Waals surface area contributed by atoms with E-state index in [1.54, 1.807) is 50.4 Å². The number of carbonyl (C=O) groups is 6. The first-order valence-corrected chi connectivity index (χ1v) is 23.7. The zero-order valence-corrected chi connectivity index (χ0v) is 38.1. The Bertz CT molecular complexity index is 1830. The first-order chi connectivity index (χ1) is 29.1. The molecule has 2 amide bonds. The Kier molecular flexibility index (Phi) is 22.0. The number of rotatable bonds is 25. The van der Waals surface area contributed by atoms with Crippen LogP contribution in [0.5, 0.6) is 11.5 Å². The largest absolute Gasteiger partial charge is 0.492 e. The second kappa shape index (κ2) is 26.3. The Labute approximate surface area is 365 Å². The number of nitrogens with zero attached hydrogens (tertiary/aromatic N) is 1. The van der Waals surface area contributed by atoms with Gasteiger partial charge >= 0.3 is 0 Å². The van der Waals surface area contributed by atoms with Gasteiger partial charge in [-0.3, -0.25) is 33.0 Å². The van der Waals surface area contributed by atoms with Crippen molar-refractivity contribution in [2.45, 2.75) is 123 Å². The summed E-state index contributed by atoms with van der Waals surface area (Å²) in [4.78, 5) is 83.8. The first kappa shape index (κ1) is 51.1. The van der Waals surface area contributed by atoms with E-state index in [0.717, 1.165) is 32.1 Å². The lowest BCUT2D eigenvalue weighted by Gasteiger charge is -2.32. The molecular weight excluding hydrogens is 797 g/mol. The van der Waals surface area contributed by atoms with Gasteiger partial charge in [-0.2, -0.15) is 0 Å². The molecule has 13 nitrogen and oxygen atoms in total. The number of fused-ring (bicyclic) bond motifs is 5. The van der Waals surface area contributed by atoms with Crippen LogP contribution < -0.4 is 26.3 Å². The van der Waals surface area contributed by atoms with Crippen molar-refractivity contribution < 1.29 is 42.4 Å². The lowest BCUT2D eigenvalue weighted by atomic mass is 9.88. The third-order valence-corrected chi connectivity index (χ3v) is 12.2. The summed E-state index contributed by atoms with van der Waals surface area (Å²) in [6.45, 7) is 7.65. The molecule has 1 heterocycles. The Hall–Kier alpha value is -4.27. The number of hydrogen-bond acceptors (Lipinski definition) is 11. The molecule has 1 aliphatic heterocycles. The van der Waals surface area contributed by atoms with Crippen molar-refractivity contribution in [1.82, 2.24) is 10.2 Å². The number of nitrogens with two attached hydrogens (primary N) is 2. The highest BCUT2D eigenvalue weighted by Gasteiger charge is 2.36. The molecule has 2 aromatic rings. The number of benzene rings is 2. The lowest BCUT2D eigenvalue weighted by molar-refractivity contribution is -0.143. The molecule has 5 N–H and O–H groups in total. The number of hydrogen-bond donors (Lipinski definition) is 3. The summed E-state index contributed by atoms with van der Waals surface area (Å²) in [7, 11) is 0.291. The van der Waals surface area contributed by atoms with E-state index in [9.17, 15) is 33.0 Å². The maximum absolute atomic E-state index is 14.7. The molecule has 3 rings (SSSR count). The molecule has 338 valence electrons. The number of carbonyl (C=O) groups excluding carboxylic acids is 6. The monoisotopic (exact) mass is 866 g/mol. The fourth-order valence-electron chi connectivity index (χ4n) is 7.64. The number of ether oxygens (including phenoxy) is 2. The van der Waals surface area contributed by atoms with Gasteiger partial charge in [0.15, 0.2) is 11.6 Å². The minimum atomic E-state index is -1.23. The summed E-state index contributed by atoms with van der Waals surface area (Å²) in [5.41, 5.74) is 13.9. The highest BCUT2D eigenvalue weighted by molar-refractivity contribution is 7.84. The zero-order chi connectivity index (χ0) is 45.1. The summed E-state index contributed by atoms with van der Waals surface area (Å²) in [6.07, 6.45) is 9.13. The molecule has 0 aromatic heterocycles. The lowest BCUT2D eigenvalue weighted by Crippen LogP contribution is -2.46. The Morgan fingerprint density at radius 2 is 1.49 bits per heavy atom. The topological polar surface area (TPSA) is 205 Å². The molecule has 1 aliphatic rings. The summed E-state index contributed by atoms with van der Waals surface area (Å²) in [5.74, 6) is -3.16. The van der Waals surface area contributed by atoms with Crippen LogP contribution in [-0.4, -0.2) is 95.5 Å². The van der Waals surface area contributed by atoms with Crippen LogP contribution in [0.4, 0.5) is 0 Å². The molecule has 0 aliphatic carbocycles. The minimum absolute atomic E-state index is 0.0423. The van der Waals surface area contributed by atoms with E-state index in [4.69, 9.17) is 20.9 Å². The molecule has 1 unspecified atom stereocenters. The maximum Gasteiger partial charge on any atom is 0.226 e. The second-order valence-corrected chi connectivity index (χ2v) is 18.2. The average Bonchev–Trinajstić information content (AvgIpc) is 3.22. The van der Waals surface area contributed by atoms with E-state index in [0.29, 0.717) is 40.2 Å². The highest BCUT2D eigenvalue weighted by Crippen LogP contribution is 2.41. The molecule has 14 heteroatoms. The van der Waals surface area contributed by atoms with Crippen LogP contribution in [0, 0.1) is 17.8 Å². The van der Waals surface area contributed by atoms with Crippen LogP contribution in [0.1, 0.15) is 122 Å². The smallest absolute Gasteiger partial charge is 0.226 e. The van der Waals surface area contributed by atoms with Crippen LogP contribution in [0.25, 0.3) is 11.1 Å². The first-order valence-electron chi connectivity index (χ1n) is 22.0. The summed E-state index contributed by atoms with van der Waals surface area (Å²) < 4.78 is 24.6. The van der Waals surface area contributed by atoms with Gasteiger partial charge in [-0.25, -0.2) is 0 Å². The van der Waals surface area contributed by atoms with Crippen molar-refractivity contribution in [2.24, 2.45) is 29.2 Å². The Balaban J connectivity index is 2.16. The molecule has 0 saturated heterocycles. The maximum atomic E-state index is 14.7. The number of unbranched alkanes of at least 4 members (excludes halogenated alkanes) is 6. The van der Waals surface area contributed by atoms with Gasteiger partial charge in [0.05, 0.1) is 6.04 Å². The number of ketones is 4. The van der Waals surface area contributed by atoms with Crippen molar-refractivity contribution in [3.63, 3.8) is 0 Å². The average molecular weight is 867 g/mol. The number of Topliss-reactive ketones (excluding diaryl/α,β-unsaturated/α-hetero) is 4. The van der Waals surface area contributed by atoms with Crippen LogP contribution in [-0.2, 0) is 46.0 Å². The van der Waals surface area contributed by atoms with Gasteiger partial charge in [-0.1, -0.05) is 71.4 Å². The molecule has 2 aromatic carbocycles. The summed E-state index contributed by atoms with van der Waals surface area (Å²) in [6, 6.07) is 8.34. The number of nitrogens with one attached hydrogen (secondary N) is 1. The zero-order valence-electron chi connectivity index (χ0n) is 37.3. The van der Waals surface area contributed by atoms with Crippen LogP contribution in [0.15, 0.2) is 36.4 Å². The fourth-order valence-corrected chi connectivity index (χ4v) is 8.26. The SMILES string of the molecule is CCCCCCCCCC(=O)C[C@@H](CCS(C)=O)C(=O)N(C)[C@@H]1C(=O)C[C@@H](C)C(=O)N[C@H](C(=O)C[C@@H](C)C(C)=O)Cc2ccc(OCCN)c(c2)-c2cc1ccc2OCCN. The molecule has 61 heavy (non-hydrogen) atoms. The third kappa shape index (κ3) is 16.2. The normalized spacial score (nSPS) is 18.3. The van der Waals surface area contributed by atoms with Gasteiger partial charge in [-0.05, 0) is 61.6 Å². The molecule has 4 bridgehead atoms. The van der Waals surface area contributed by atoms with Gasteiger partial charge < -0.3 is 31.2 Å². The Morgan fingerprint density at radius 1 is 0.885 bits per heavy atom. The summed E-state index contributed by atoms with van der Waals surface area (Å²) >= 11 is 0. The van der Waals surface area contributed by atoms with Crippen molar-refractivity contribution in [3.8, 4) is 22.6 Å². The van der Waals surface area contributed by atoms with Gasteiger partial charge in [0.1, 0.15) is 42.3 Å². The molecule has 0 radical (unpaired) electrons. The van der Waals surface area contributed by atoms with E-state index >= 15 is 0 Å². The highest BCUT2D eigenvalue weighted by atomic mass is 32.2. The molecule has 6 atom stereocenters. The molecule has 0 spiro atoms. The van der Waals surface area contributed by atoms with Gasteiger partial charge in [0.25, 0.3) is 0 Å². The second-order valence-electron chi connectivity index (χ2n) is 16.6. The standard InChI is InChI=1S/C47H70N4O9S/c1-7-8-9-10-11-12-13-14-37(53)29-36(19-24-61(6)58)47(57)51(5)45-35-16-18-44(60-23-21-49)39(30-35)38-27-34(15-17-43(38)59-22-20-48)28-40(41(54)25-31(2)33(4)52)50-46(56)32(3)26-42(45)55/h15-18,27,30-32,36,40,45H,7-14,19-26,28-29,48-49H2,1-6H3,(H,50,56)/t31-,32-,36-,40+,45+,61?/m1/s1. The van der Waals surface area contributed by atoms with Crippen molar-refractivity contribution >= 4 is 45.7 Å². The molecular formula is C47H70N4O9S. The quantitative estimate of drug-likeness (QED) is 0.101. The van der Waals surface area contributed by atoms with Crippen LogP contribution >= 0.6 is 0 Å². The third-order valence-electron chi connectivity index (χ3n) is 11.4. The molecule has 0 saturated carbocycles.